The Balaban J connectivity index is 2.24. The van der Waals surface area contributed by atoms with Crippen LogP contribution in [-0.4, -0.2) is 20.6 Å². The highest BCUT2D eigenvalue weighted by Gasteiger charge is 2.27. The van der Waals surface area contributed by atoms with Crippen LogP contribution in [0.2, 0.25) is 5.02 Å². The lowest BCUT2D eigenvalue weighted by Gasteiger charge is -2.14. The number of carbonyl (C=O) groups is 1. The van der Waals surface area contributed by atoms with Crippen molar-refractivity contribution in [1.82, 2.24) is 9.78 Å². The minimum absolute atomic E-state index is 0.0672. The molecule has 8 heteroatoms. The molecular weight excluding hydrogens is 308 g/mol. The fraction of sp³-hybridized carbons (Fsp3) is 0.286. The minimum atomic E-state index is -0.689. The highest BCUT2D eigenvalue weighted by Crippen LogP contribution is 2.25. The molecule has 0 saturated carbocycles. The van der Waals surface area contributed by atoms with Crippen molar-refractivity contribution in [1.29, 1.82) is 0 Å². The number of carbonyl (C=O) groups excluding carboxylic acids is 1. The van der Waals surface area contributed by atoms with Crippen molar-refractivity contribution >= 4 is 28.9 Å². The summed E-state index contributed by atoms with van der Waals surface area (Å²) < 4.78 is 1.35. The Labute approximate surface area is 132 Å². The van der Waals surface area contributed by atoms with Crippen molar-refractivity contribution in [2.24, 2.45) is 0 Å². The smallest absolute Gasteiger partial charge is 0.312 e. The van der Waals surface area contributed by atoms with Gasteiger partial charge in [-0.15, -0.1) is 0 Å². The number of nitrogens with one attached hydrogen (secondary N) is 1. The zero-order chi connectivity index (χ0) is 16.4. The maximum Gasteiger partial charge on any atom is 0.312 e. The Kier molecular flexibility index (Phi) is 4.46. The van der Waals surface area contributed by atoms with E-state index in [1.54, 1.807) is 45.0 Å². The van der Waals surface area contributed by atoms with Gasteiger partial charge in [0.2, 0.25) is 5.91 Å². The SMILES string of the molecule is Cc1nn([C@H](C)C(=O)Nc2cccc(Cl)c2)c(C)c1[N+](=O)[O-]. The van der Waals surface area contributed by atoms with Crippen LogP contribution in [0, 0.1) is 24.0 Å². The van der Waals surface area contributed by atoms with Gasteiger partial charge in [0.1, 0.15) is 17.4 Å². The van der Waals surface area contributed by atoms with E-state index < -0.39 is 11.0 Å². The van der Waals surface area contributed by atoms with E-state index in [0.29, 0.717) is 16.4 Å². The second kappa shape index (κ2) is 6.15. The number of rotatable bonds is 4. The summed E-state index contributed by atoms with van der Waals surface area (Å²) in [4.78, 5) is 22.8. The van der Waals surface area contributed by atoms with Gasteiger partial charge in [-0.05, 0) is 39.0 Å². The lowest BCUT2D eigenvalue weighted by Crippen LogP contribution is -2.25. The molecule has 0 unspecified atom stereocenters. The summed E-state index contributed by atoms with van der Waals surface area (Å²) in [5.74, 6) is -0.331. The third-order valence-electron chi connectivity index (χ3n) is 3.31. The molecule has 1 aromatic carbocycles. The zero-order valence-electron chi connectivity index (χ0n) is 12.3. The maximum absolute atomic E-state index is 12.3. The first-order valence-corrected chi connectivity index (χ1v) is 6.95. The number of anilines is 1. The molecule has 0 fully saturated rings. The molecule has 0 spiro atoms. The average molecular weight is 323 g/mol. The van der Waals surface area contributed by atoms with Crippen LogP contribution >= 0.6 is 11.6 Å². The van der Waals surface area contributed by atoms with E-state index in [0.717, 1.165) is 0 Å². The molecule has 1 aromatic heterocycles. The normalized spacial score (nSPS) is 12.0. The topological polar surface area (TPSA) is 90.1 Å². The van der Waals surface area contributed by atoms with Gasteiger partial charge in [-0.3, -0.25) is 19.6 Å². The van der Waals surface area contributed by atoms with E-state index in [1.807, 2.05) is 0 Å². The van der Waals surface area contributed by atoms with Crippen LogP contribution in [0.15, 0.2) is 24.3 Å². The number of amides is 1. The maximum atomic E-state index is 12.3. The van der Waals surface area contributed by atoms with Crippen LogP contribution in [-0.2, 0) is 4.79 Å². The van der Waals surface area contributed by atoms with Crippen molar-refractivity contribution in [3.63, 3.8) is 0 Å². The van der Waals surface area contributed by atoms with Crippen LogP contribution in [0.4, 0.5) is 11.4 Å². The summed E-state index contributed by atoms with van der Waals surface area (Å²) in [6.07, 6.45) is 0. The fourth-order valence-electron chi connectivity index (χ4n) is 2.22. The van der Waals surface area contributed by atoms with Crippen LogP contribution in [0.1, 0.15) is 24.4 Å². The van der Waals surface area contributed by atoms with Gasteiger partial charge < -0.3 is 5.32 Å². The lowest BCUT2D eigenvalue weighted by molar-refractivity contribution is -0.386. The largest absolute Gasteiger partial charge is 0.324 e. The highest BCUT2D eigenvalue weighted by atomic mass is 35.5. The van der Waals surface area contributed by atoms with Crippen molar-refractivity contribution < 1.29 is 9.72 Å². The Hall–Kier alpha value is -2.41. The molecule has 0 saturated heterocycles. The minimum Gasteiger partial charge on any atom is -0.324 e. The molecule has 1 amide bonds. The first-order valence-electron chi connectivity index (χ1n) is 6.57. The molecule has 1 atom stereocenters. The number of hydrogen-bond donors (Lipinski definition) is 1. The van der Waals surface area contributed by atoms with E-state index in [2.05, 4.69) is 10.4 Å². The Morgan fingerprint density at radius 2 is 2.14 bits per heavy atom. The summed E-state index contributed by atoms with van der Waals surface area (Å²) in [6.45, 7) is 4.74. The molecule has 0 bridgehead atoms. The van der Waals surface area contributed by atoms with Gasteiger partial charge in [0.25, 0.3) is 0 Å². The molecule has 7 nitrogen and oxygen atoms in total. The predicted molar refractivity (Wildman–Crippen MR) is 83.1 cm³/mol. The van der Waals surface area contributed by atoms with Gasteiger partial charge in [-0.1, -0.05) is 17.7 Å². The molecule has 0 radical (unpaired) electrons. The van der Waals surface area contributed by atoms with Crippen LogP contribution in [0.5, 0.6) is 0 Å². The van der Waals surface area contributed by atoms with Gasteiger partial charge in [0, 0.05) is 10.7 Å². The number of halogens is 1. The molecule has 0 aliphatic heterocycles. The summed E-state index contributed by atoms with van der Waals surface area (Å²) in [7, 11) is 0. The molecule has 1 N–H and O–H groups in total. The molecule has 116 valence electrons. The van der Waals surface area contributed by atoms with Crippen molar-refractivity contribution in [2.45, 2.75) is 26.8 Å². The van der Waals surface area contributed by atoms with Crippen molar-refractivity contribution in [2.75, 3.05) is 5.32 Å². The number of nitro groups is 1. The van der Waals surface area contributed by atoms with Gasteiger partial charge in [0.05, 0.1) is 4.92 Å². The molecule has 22 heavy (non-hydrogen) atoms. The fourth-order valence-corrected chi connectivity index (χ4v) is 2.41. The van der Waals surface area contributed by atoms with Gasteiger partial charge >= 0.3 is 5.69 Å². The van der Waals surface area contributed by atoms with E-state index in [-0.39, 0.29) is 17.3 Å². The van der Waals surface area contributed by atoms with E-state index in [9.17, 15) is 14.9 Å². The Bertz CT molecular complexity index is 742. The Morgan fingerprint density at radius 1 is 1.45 bits per heavy atom. The molecule has 1 heterocycles. The number of aryl methyl sites for hydroxylation is 1. The number of hydrogen-bond acceptors (Lipinski definition) is 4. The second-order valence-electron chi connectivity index (χ2n) is 4.90. The first-order chi connectivity index (χ1) is 10.3. The number of aromatic nitrogens is 2. The van der Waals surface area contributed by atoms with E-state index in [1.165, 1.54) is 4.68 Å². The second-order valence-corrected chi connectivity index (χ2v) is 5.33. The van der Waals surface area contributed by atoms with Crippen molar-refractivity contribution in [3.05, 3.63) is 50.8 Å². The van der Waals surface area contributed by atoms with Crippen LogP contribution < -0.4 is 5.32 Å². The number of benzene rings is 1. The Morgan fingerprint density at radius 3 is 2.68 bits per heavy atom. The average Bonchev–Trinajstić information content (AvgIpc) is 2.73. The molecule has 0 aliphatic rings. The molecule has 2 aromatic rings. The predicted octanol–water partition coefficient (Wildman–Crippen LogP) is 3.26. The highest BCUT2D eigenvalue weighted by molar-refractivity contribution is 6.30. The summed E-state index contributed by atoms with van der Waals surface area (Å²) in [5.41, 5.74) is 1.11. The monoisotopic (exact) mass is 322 g/mol. The number of nitrogens with zero attached hydrogens (tertiary/aromatic N) is 3. The quantitative estimate of drug-likeness (QED) is 0.691. The molecule has 0 aliphatic carbocycles. The van der Waals surface area contributed by atoms with E-state index in [4.69, 9.17) is 11.6 Å². The van der Waals surface area contributed by atoms with Crippen molar-refractivity contribution in [3.8, 4) is 0 Å². The van der Waals surface area contributed by atoms with E-state index >= 15 is 0 Å². The summed E-state index contributed by atoms with van der Waals surface area (Å²) >= 11 is 5.87. The lowest BCUT2D eigenvalue weighted by atomic mass is 10.2. The zero-order valence-corrected chi connectivity index (χ0v) is 13.1. The van der Waals surface area contributed by atoms with Crippen LogP contribution in [0.25, 0.3) is 0 Å². The van der Waals surface area contributed by atoms with Crippen LogP contribution in [0.3, 0.4) is 0 Å². The van der Waals surface area contributed by atoms with Gasteiger partial charge in [-0.2, -0.15) is 5.10 Å². The summed E-state index contributed by atoms with van der Waals surface area (Å²) in [6, 6.07) is 6.06. The van der Waals surface area contributed by atoms with Gasteiger partial charge in [0.15, 0.2) is 0 Å². The first kappa shape index (κ1) is 16.0. The molecule has 2 rings (SSSR count). The third-order valence-corrected chi connectivity index (χ3v) is 3.54. The van der Waals surface area contributed by atoms with Gasteiger partial charge in [-0.25, -0.2) is 0 Å². The summed E-state index contributed by atoms with van der Waals surface area (Å²) in [5, 5.41) is 18.3. The molecular formula is C14H15ClN4O3. The third kappa shape index (κ3) is 3.09. The standard InChI is InChI=1S/C14H15ClN4O3/c1-8-13(19(21)22)9(2)18(17-8)10(3)14(20)16-12-6-4-5-11(15)7-12/h4-7,10H,1-3H3,(H,16,20)/t10-/m1/s1.